The number of amides is 1. The Balaban J connectivity index is 2.01. The minimum Gasteiger partial charge on any atom is -0.481 e. The fraction of sp³-hybridized carbons (Fsp3) is 0.353. The smallest absolute Gasteiger partial charge is 0.305 e. The highest BCUT2D eigenvalue weighted by atomic mass is 16.4. The van der Waals surface area contributed by atoms with E-state index in [4.69, 9.17) is 5.11 Å². The number of aromatic nitrogens is 2. The lowest BCUT2D eigenvalue weighted by molar-refractivity contribution is -0.137. The first kappa shape index (κ1) is 16.7. The molecule has 1 aromatic heterocycles. The molecule has 0 aliphatic rings. The molecule has 0 saturated carbocycles. The van der Waals surface area contributed by atoms with Crippen LogP contribution in [0.15, 0.2) is 36.4 Å². The first-order chi connectivity index (χ1) is 11.0. The van der Waals surface area contributed by atoms with Crippen LogP contribution in [0.25, 0.3) is 0 Å². The molecule has 23 heavy (non-hydrogen) atoms. The van der Waals surface area contributed by atoms with Gasteiger partial charge in [-0.3, -0.25) is 14.3 Å². The first-order valence-electron chi connectivity index (χ1n) is 7.53. The Morgan fingerprint density at radius 2 is 2.00 bits per heavy atom. The number of nitrogens with one attached hydrogen (secondary N) is 1. The number of hydrogen-bond donors (Lipinski definition) is 2. The van der Waals surface area contributed by atoms with Gasteiger partial charge in [0.05, 0.1) is 12.1 Å². The van der Waals surface area contributed by atoms with Crippen molar-refractivity contribution in [3.05, 3.63) is 53.3 Å². The zero-order valence-corrected chi connectivity index (χ0v) is 13.3. The van der Waals surface area contributed by atoms with E-state index in [1.54, 1.807) is 20.0 Å². The van der Waals surface area contributed by atoms with Crippen LogP contribution in [0.3, 0.4) is 0 Å². The van der Waals surface area contributed by atoms with Crippen LogP contribution in [-0.2, 0) is 18.3 Å². The van der Waals surface area contributed by atoms with Crippen molar-refractivity contribution >= 4 is 11.9 Å². The molecular weight excluding hydrogens is 294 g/mol. The third kappa shape index (κ3) is 4.95. The predicted octanol–water partition coefficient (Wildman–Crippen LogP) is 1.93. The summed E-state index contributed by atoms with van der Waals surface area (Å²) in [5, 5.41) is 16.0. The summed E-state index contributed by atoms with van der Waals surface area (Å²) in [5.41, 5.74) is 2.29. The Morgan fingerprint density at radius 1 is 1.30 bits per heavy atom. The second kappa shape index (κ2) is 7.58. The van der Waals surface area contributed by atoms with E-state index in [0.29, 0.717) is 18.5 Å². The van der Waals surface area contributed by atoms with Gasteiger partial charge in [0.1, 0.15) is 5.69 Å². The summed E-state index contributed by atoms with van der Waals surface area (Å²) < 4.78 is 1.50. The number of aliphatic carboxylic acids is 1. The van der Waals surface area contributed by atoms with Gasteiger partial charge in [0.15, 0.2) is 0 Å². The first-order valence-corrected chi connectivity index (χ1v) is 7.53. The molecule has 0 saturated heterocycles. The summed E-state index contributed by atoms with van der Waals surface area (Å²) in [6.45, 7) is 1.81. The van der Waals surface area contributed by atoms with E-state index in [0.717, 1.165) is 11.3 Å². The molecule has 1 aromatic carbocycles. The zero-order valence-electron chi connectivity index (χ0n) is 13.3. The monoisotopic (exact) mass is 315 g/mol. The molecule has 0 aliphatic heterocycles. The number of rotatable bonds is 7. The topological polar surface area (TPSA) is 84.2 Å². The lowest BCUT2D eigenvalue weighted by Gasteiger charge is -2.17. The Morgan fingerprint density at radius 3 is 2.57 bits per heavy atom. The fourth-order valence-corrected chi connectivity index (χ4v) is 2.50. The second-order valence-corrected chi connectivity index (χ2v) is 5.59. The quantitative estimate of drug-likeness (QED) is 0.818. The number of aryl methyl sites for hydroxylation is 3. The van der Waals surface area contributed by atoms with Gasteiger partial charge in [-0.05, 0) is 31.4 Å². The van der Waals surface area contributed by atoms with Gasteiger partial charge >= 0.3 is 5.97 Å². The normalized spacial score (nSPS) is 11.9. The third-order valence-electron chi connectivity index (χ3n) is 3.62. The van der Waals surface area contributed by atoms with Gasteiger partial charge in [-0.1, -0.05) is 30.3 Å². The minimum absolute atomic E-state index is 0.102. The lowest BCUT2D eigenvalue weighted by Crippen LogP contribution is -2.37. The van der Waals surface area contributed by atoms with Crippen LogP contribution >= 0.6 is 0 Å². The van der Waals surface area contributed by atoms with Crippen molar-refractivity contribution in [1.82, 2.24) is 15.1 Å². The Hall–Kier alpha value is -2.63. The number of benzene rings is 1. The molecule has 1 heterocycles. The third-order valence-corrected chi connectivity index (χ3v) is 3.62. The minimum atomic E-state index is -0.926. The maximum absolute atomic E-state index is 12.3. The van der Waals surface area contributed by atoms with Crippen molar-refractivity contribution < 1.29 is 14.7 Å². The molecule has 0 aliphatic carbocycles. The van der Waals surface area contributed by atoms with E-state index >= 15 is 0 Å². The average molecular weight is 315 g/mol. The maximum Gasteiger partial charge on any atom is 0.305 e. The van der Waals surface area contributed by atoms with Crippen LogP contribution in [0.5, 0.6) is 0 Å². The Labute approximate surface area is 135 Å². The van der Waals surface area contributed by atoms with Crippen molar-refractivity contribution in [3.8, 4) is 0 Å². The summed E-state index contributed by atoms with van der Waals surface area (Å²) in [4.78, 5) is 23.4. The zero-order chi connectivity index (χ0) is 16.8. The molecule has 0 radical (unpaired) electrons. The molecule has 0 fully saturated rings. The highest BCUT2D eigenvalue weighted by Gasteiger charge is 2.19. The number of carboxylic acid groups (broad SMARTS) is 1. The van der Waals surface area contributed by atoms with Crippen LogP contribution in [0.4, 0.5) is 0 Å². The average Bonchev–Trinajstić information content (AvgIpc) is 2.84. The van der Waals surface area contributed by atoms with Crippen LogP contribution in [0.1, 0.15) is 34.6 Å². The van der Waals surface area contributed by atoms with E-state index in [9.17, 15) is 9.59 Å². The van der Waals surface area contributed by atoms with Crippen LogP contribution in [0.2, 0.25) is 0 Å². The maximum atomic E-state index is 12.3. The molecule has 0 bridgehead atoms. The molecule has 0 spiro atoms. The van der Waals surface area contributed by atoms with Gasteiger partial charge in [-0.25, -0.2) is 0 Å². The SMILES string of the molecule is Cc1cc(C(=O)N[C@H](CCc2ccccc2)CC(=O)O)n(C)n1. The van der Waals surface area contributed by atoms with Gasteiger partial charge in [-0.2, -0.15) is 5.10 Å². The van der Waals surface area contributed by atoms with Gasteiger partial charge in [0, 0.05) is 13.1 Å². The number of carbonyl (C=O) groups is 2. The number of carbonyl (C=O) groups excluding carboxylic acids is 1. The molecule has 1 atom stereocenters. The standard InChI is InChI=1S/C17H21N3O3/c1-12-10-15(20(2)19-12)17(23)18-14(11-16(21)22)9-8-13-6-4-3-5-7-13/h3-7,10,14H,8-9,11H2,1-2H3,(H,18,23)(H,21,22)/t14-/m1/s1. The van der Waals surface area contributed by atoms with Crippen molar-refractivity contribution in [3.63, 3.8) is 0 Å². The molecule has 6 nitrogen and oxygen atoms in total. The van der Waals surface area contributed by atoms with Crippen LogP contribution in [-0.4, -0.2) is 32.8 Å². The second-order valence-electron chi connectivity index (χ2n) is 5.59. The summed E-state index contributed by atoms with van der Waals surface area (Å²) in [7, 11) is 1.69. The number of nitrogens with zero attached hydrogens (tertiary/aromatic N) is 2. The van der Waals surface area contributed by atoms with Crippen molar-refractivity contribution in [2.24, 2.45) is 7.05 Å². The number of hydrogen-bond acceptors (Lipinski definition) is 3. The highest BCUT2D eigenvalue weighted by Crippen LogP contribution is 2.09. The molecule has 6 heteroatoms. The Bertz CT molecular complexity index is 680. The van der Waals surface area contributed by atoms with Crippen molar-refractivity contribution in [2.45, 2.75) is 32.2 Å². The molecule has 2 rings (SSSR count). The van der Waals surface area contributed by atoms with E-state index in [1.165, 1.54) is 4.68 Å². The largest absolute Gasteiger partial charge is 0.481 e. The summed E-state index contributed by atoms with van der Waals surface area (Å²) in [6, 6.07) is 11.1. The van der Waals surface area contributed by atoms with Crippen molar-refractivity contribution in [2.75, 3.05) is 0 Å². The van der Waals surface area contributed by atoms with E-state index in [1.807, 2.05) is 30.3 Å². The highest BCUT2D eigenvalue weighted by molar-refractivity contribution is 5.93. The van der Waals surface area contributed by atoms with E-state index in [2.05, 4.69) is 10.4 Å². The van der Waals surface area contributed by atoms with Crippen molar-refractivity contribution in [1.29, 1.82) is 0 Å². The van der Waals surface area contributed by atoms with Gasteiger partial charge < -0.3 is 10.4 Å². The molecule has 1 amide bonds. The molecule has 2 aromatic rings. The fourth-order valence-electron chi connectivity index (χ4n) is 2.50. The Kier molecular flexibility index (Phi) is 5.51. The van der Waals surface area contributed by atoms with Crippen LogP contribution < -0.4 is 5.32 Å². The summed E-state index contributed by atoms with van der Waals surface area (Å²) in [5.74, 6) is -1.23. The summed E-state index contributed by atoms with van der Waals surface area (Å²) in [6.07, 6.45) is 1.18. The number of carboxylic acids is 1. The molecular formula is C17H21N3O3. The van der Waals surface area contributed by atoms with Crippen LogP contribution in [0, 0.1) is 6.92 Å². The molecule has 2 N–H and O–H groups in total. The van der Waals surface area contributed by atoms with Gasteiger partial charge in [0.2, 0.25) is 0 Å². The van der Waals surface area contributed by atoms with Gasteiger partial charge in [-0.15, -0.1) is 0 Å². The van der Waals surface area contributed by atoms with Gasteiger partial charge in [0.25, 0.3) is 5.91 Å². The van der Waals surface area contributed by atoms with E-state index in [-0.39, 0.29) is 12.3 Å². The summed E-state index contributed by atoms with van der Waals surface area (Å²) >= 11 is 0. The predicted molar refractivity (Wildman–Crippen MR) is 86.2 cm³/mol. The lowest BCUT2D eigenvalue weighted by atomic mass is 10.0. The molecule has 0 unspecified atom stereocenters. The molecule has 122 valence electrons. The van der Waals surface area contributed by atoms with E-state index < -0.39 is 12.0 Å².